The molecule has 4 nitrogen and oxygen atoms in total. The van der Waals surface area contributed by atoms with Crippen LogP contribution in [0.2, 0.25) is 0 Å². The second kappa shape index (κ2) is 3.88. The van der Waals surface area contributed by atoms with Crippen LogP contribution in [0.4, 0.5) is 0 Å². The van der Waals surface area contributed by atoms with Crippen molar-refractivity contribution in [2.45, 2.75) is 25.8 Å². The first-order valence-corrected chi connectivity index (χ1v) is 5.17. The minimum absolute atomic E-state index is 0.164. The number of nitrogens with one attached hydrogen (secondary N) is 2. The fourth-order valence-corrected chi connectivity index (χ4v) is 1.60. The Labute approximate surface area is 87.7 Å². The Hall–Kier alpha value is -1.58. The van der Waals surface area contributed by atoms with E-state index < -0.39 is 0 Å². The van der Waals surface area contributed by atoms with Gasteiger partial charge in [-0.2, -0.15) is 0 Å². The van der Waals surface area contributed by atoms with Gasteiger partial charge in [-0.3, -0.25) is 9.59 Å². The first kappa shape index (κ1) is 9.96. The fraction of sp³-hybridized carbons (Fsp3) is 0.455. The Morgan fingerprint density at radius 1 is 1.60 bits per heavy atom. The number of H-pyrrole nitrogens is 1. The highest BCUT2D eigenvalue weighted by atomic mass is 16.2. The quantitative estimate of drug-likeness (QED) is 0.772. The number of aromatic nitrogens is 1. The van der Waals surface area contributed by atoms with Crippen LogP contribution in [0.15, 0.2) is 23.1 Å². The largest absolute Gasteiger partial charge is 0.349 e. The van der Waals surface area contributed by atoms with Crippen LogP contribution in [-0.4, -0.2) is 16.9 Å². The topological polar surface area (TPSA) is 62.0 Å². The molecule has 2 N–H and O–H groups in total. The van der Waals surface area contributed by atoms with Gasteiger partial charge in [-0.25, -0.2) is 0 Å². The van der Waals surface area contributed by atoms with Crippen LogP contribution in [0.3, 0.4) is 0 Å². The molecule has 1 saturated carbocycles. The second-order valence-electron chi connectivity index (χ2n) is 4.01. The van der Waals surface area contributed by atoms with E-state index in [0.29, 0.717) is 5.92 Å². The van der Waals surface area contributed by atoms with Gasteiger partial charge in [0.15, 0.2) is 0 Å². The van der Waals surface area contributed by atoms with Crippen molar-refractivity contribution in [3.63, 3.8) is 0 Å². The van der Waals surface area contributed by atoms with Crippen LogP contribution in [-0.2, 0) is 0 Å². The lowest BCUT2D eigenvalue weighted by Gasteiger charge is -2.11. The first-order valence-electron chi connectivity index (χ1n) is 5.17. The summed E-state index contributed by atoms with van der Waals surface area (Å²) in [6.45, 7) is 1.98. The van der Waals surface area contributed by atoms with E-state index in [2.05, 4.69) is 10.3 Å². The van der Waals surface area contributed by atoms with Crippen LogP contribution in [0, 0.1) is 5.92 Å². The molecule has 1 fully saturated rings. The van der Waals surface area contributed by atoms with Crippen molar-refractivity contribution in [1.82, 2.24) is 10.3 Å². The van der Waals surface area contributed by atoms with Gasteiger partial charge in [-0.05, 0) is 37.8 Å². The lowest BCUT2D eigenvalue weighted by Crippen LogP contribution is -2.36. The monoisotopic (exact) mass is 206 g/mol. The van der Waals surface area contributed by atoms with Crippen LogP contribution < -0.4 is 10.9 Å². The number of rotatable bonds is 3. The molecule has 1 atom stereocenters. The molecule has 80 valence electrons. The summed E-state index contributed by atoms with van der Waals surface area (Å²) in [5.41, 5.74) is -0.150. The highest BCUT2D eigenvalue weighted by Crippen LogP contribution is 2.32. The van der Waals surface area contributed by atoms with E-state index in [1.54, 1.807) is 6.07 Å². The summed E-state index contributed by atoms with van der Waals surface area (Å²) < 4.78 is 0. The third kappa shape index (κ3) is 2.26. The third-order valence-corrected chi connectivity index (χ3v) is 2.75. The van der Waals surface area contributed by atoms with Crippen molar-refractivity contribution in [3.05, 3.63) is 34.2 Å². The van der Waals surface area contributed by atoms with E-state index in [1.165, 1.54) is 25.1 Å². The number of carbonyl (C=O) groups excluding carboxylic acids is 1. The molecule has 0 saturated heterocycles. The zero-order valence-corrected chi connectivity index (χ0v) is 8.62. The van der Waals surface area contributed by atoms with Gasteiger partial charge in [0.2, 0.25) is 0 Å². The van der Waals surface area contributed by atoms with Gasteiger partial charge < -0.3 is 10.3 Å². The average molecular weight is 206 g/mol. The molecular weight excluding hydrogens is 192 g/mol. The summed E-state index contributed by atoms with van der Waals surface area (Å²) in [6.07, 6.45) is 3.86. The minimum Gasteiger partial charge on any atom is -0.349 e. The number of carbonyl (C=O) groups is 1. The van der Waals surface area contributed by atoms with Crippen LogP contribution >= 0.6 is 0 Å². The molecule has 1 heterocycles. The molecule has 0 radical (unpaired) electrons. The molecule has 0 spiro atoms. The third-order valence-electron chi connectivity index (χ3n) is 2.75. The molecule has 2 rings (SSSR count). The van der Waals surface area contributed by atoms with E-state index in [0.717, 1.165) is 0 Å². The summed E-state index contributed by atoms with van der Waals surface area (Å²) in [4.78, 5) is 25.5. The standard InChI is InChI=1S/C11H14N2O2/c1-7(8-4-5-8)13-11(15)9-3-2-6-12-10(9)14/h2-3,6-8H,4-5H2,1H3,(H,12,14)(H,13,15)/t7-/m1/s1. The molecule has 0 aromatic carbocycles. The van der Waals surface area contributed by atoms with Gasteiger partial charge in [0.05, 0.1) is 0 Å². The molecule has 1 aromatic rings. The molecule has 1 amide bonds. The summed E-state index contributed by atoms with van der Waals surface area (Å²) >= 11 is 0. The zero-order valence-electron chi connectivity index (χ0n) is 8.62. The van der Waals surface area contributed by atoms with Crippen molar-refractivity contribution in [3.8, 4) is 0 Å². The molecule has 1 aromatic heterocycles. The van der Waals surface area contributed by atoms with Gasteiger partial charge >= 0.3 is 0 Å². The summed E-state index contributed by atoms with van der Waals surface area (Å²) in [5.74, 6) is 0.313. The SMILES string of the molecule is C[C@@H](NC(=O)c1ccc[nH]c1=O)C1CC1. The summed E-state index contributed by atoms with van der Waals surface area (Å²) in [7, 11) is 0. The highest BCUT2D eigenvalue weighted by Gasteiger charge is 2.29. The van der Waals surface area contributed by atoms with Crippen LogP contribution in [0.25, 0.3) is 0 Å². The number of pyridine rings is 1. The maximum Gasteiger partial charge on any atom is 0.260 e. The number of hydrogen-bond acceptors (Lipinski definition) is 2. The minimum atomic E-state index is -0.335. The zero-order chi connectivity index (χ0) is 10.8. The smallest absolute Gasteiger partial charge is 0.260 e. The van der Waals surface area contributed by atoms with E-state index in [9.17, 15) is 9.59 Å². The lowest BCUT2D eigenvalue weighted by atomic mass is 10.2. The van der Waals surface area contributed by atoms with Crippen LogP contribution in [0.1, 0.15) is 30.1 Å². The van der Waals surface area contributed by atoms with Gasteiger partial charge in [0, 0.05) is 12.2 Å². The normalized spacial score (nSPS) is 17.1. The van der Waals surface area contributed by atoms with Crippen LogP contribution in [0.5, 0.6) is 0 Å². The average Bonchev–Trinajstić information content (AvgIpc) is 3.01. The van der Waals surface area contributed by atoms with Gasteiger partial charge in [-0.15, -0.1) is 0 Å². The van der Waals surface area contributed by atoms with Crippen molar-refractivity contribution in [1.29, 1.82) is 0 Å². The Kier molecular flexibility index (Phi) is 2.58. The number of aromatic amines is 1. The Morgan fingerprint density at radius 2 is 2.33 bits per heavy atom. The Bertz CT molecular complexity index is 421. The van der Waals surface area contributed by atoms with E-state index >= 15 is 0 Å². The predicted molar refractivity (Wildman–Crippen MR) is 56.7 cm³/mol. The van der Waals surface area contributed by atoms with Crippen molar-refractivity contribution in [2.75, 3.05) is 0 Å². The van der Waals surface area contributed by atoms with Gasteiger partial charge in [0.25, 0.3) is 11.5 Å². The molecule has 4 heteroatoms. The fourth-order valence-electron chi connectivity index (χ4n) is 1.60. The summed E-state index contributed by atoms with van der Waals surface area (Å²) in [5, 5.41) is 2.84. The highest BCUT2D eigenvalue weighted by molar-refractivity contribution is 5.93. The maximum atomic E-state index is 11.7. The lowest BCUT2D eigenvalue weighted by molar-refractivity contribution is 0.0934. The van der Waals surface area contributed by atoms with Gasteiger partial charge in [0.1, 0.15) is 5.56 Å². The number of hydrogen-bond donors (Lipinski definition) is 2. The maximum absolute atomic E-state index is 11.7. The Morgan fingerprint density at radius 3 is 2.93 bits per heavy atom. The molecule has 0 unspecified atom stereocenters. The van der Waals surface area contributed by atoms with E-state index in [1.807, 2.05) is 6.92 Å². The summed E-state index contributed by atoms with van der Waals surface area (Å²) in [6, 6.07) is 3.35. The van der Waals surface area contributed by atoms with E-state index in [4.69, 9.17) is 0 Å². The second-order valence-corrected chi connectivity index (χ2v) is 4.01. The molecular formula is C11H14N2O2. The van der Waals surface area contributed by atoms with Gasteiger partial charge in [-0.1, -0.05) is 0 Å². The van der Waals surface area contributed by atoms with Crippen molar-refractivity contribution in [2.24, 2.45) is 5.92 Å². The Balaban J connectivity index is 2.07. The molecule has 15 heavy (non-hydrogen) atoms. The predicted octanol–water partition coefficient (Wildman–Crippen LogP) is 0.903. The number of amides is 1. The molecule has 0 aliphatic heterocycles. The molecule has 0 bridgehead atoms. The van der Waals surface area contributed by atoms with Crippen molar-refractivity contribution >= 4 is 5.91 Å². The molecule has 1 aliphatic rings. The first-order chi connectivity index (χ1) is 7.18. The van der Waals surface area contributed by atoms with Crippen molar-refractivity contribution < 1.29 is 4.79 Å². The van der Waals surface area contributed by atoms with E-state index in [-0.39, 0.29) is 23.1 Å². The molecule has 1 aliphatic carbocycles.